The van der Waals surface area contributed by atoms with Crippen LogP contribution >= 0.6 is 11.7 Å². The summed E-state index contributed by atoms with van der Waals surface area (Å²) in [6.45, 7) is 1.87. The molecule has 3 aromatic rings. The Morgan fingerprint density at radius 1 is 1.35 bits per heavy atom. The maximum absolute atomic E-state index is 12.2. The summed E-state index contributed by atoms with van der Waals surface area (Å²) in [4.78, 5) is 19.4. The fourth-order valence-electron chi connectivity index (χ4n) is 1.60. The van der Waals surface area contributed by atoms with Crippen LogP contribution in [0.4, 0.5) is 0 Å². The molecule has 0 saturated carbocycles. The number of aromatic nitrogens is 5. The predicted octanol–water partition coefficient (Wildman–Crippen LogP) is 1.15. The van der Waals surface area contributed by atoms with Crippen molar-refractivity contribution in [3.63, 3.8) is 0 Å². The van der Waals surface area contributed by atoms with Crippen molar-refractivity contribution in [1.29, 1.82) is 0 Å². The molecule has 0 aliphatic rings. The molecule has 0 bridgehead atoms. The zero-order valence-corrected chi connectivity index (χ0v) is 9.65. The number of aryl methyl sites for hydroxylation is 1. The fourth-order valence-corrected chi connectivity index (χ4v) is 1.96. The van der Waals surface area contributed by atoms with Gasteiger partial charge in [0.15, 0.2) is 0 Å². The van der Waals surface area contributed by atoms with Gasteiger partial charge in [0, 0.05) is 11.9 Å². The summed E-state index contributed by atoms with van der Waals surface area (Å²) >= 11 is 0.971. The second kappa shape index (κ2) is 3.70. The van der Waals surface area contributed by atoms with Crippen LogP contribution in [0.1, 0.15) is 5.69 Å². The van der Waals surface area contributed by atoms with Crippen LogP contribution in [0.3, 0.4) is 0 Å². The van der Waals surface area contributed by atoms with E-state index in [0.717, 1.165) is 17.4 Å². The molecule has 0 aliphatic carbocycles. The van der Waals surface area contributed by atoms with E-state index in [1.165, 1.54) is 0 Å². The second-order valence-corrected chi connectivity index (χ2v) is 4.07. The van der Waals surface area contributed by atoms with Gasteiger partial charge in [-0.2, -0.15) is 4.37 Å². The summed E-state index contributed by atoms with van der Waals surface area (Å²) in [5, 5.41) is 4.32. The maximum Gasteiger partial charge on any atom is 0.202 e. The Kier molecular flexibility index (Phi) is 2.19. The van der Waals surface area contributed by atoms with E-state index in [1.54, 1.807) is 18.3 Å². The van der Waals surface area contributed by atoms with Gasteiger partial charge in [0.2, 0.25) is 11.3 Å². The molecule has 0 unspecified atom stereocenters. The van der Waals surface area contributed by atoms with Gasteiger partial charge >= 0.3 is 0 Å². The quantitative estimate of drug-likeness (QED) is 0.695. The van der Waals surface area contributed by atoms with Crippen LogP contribution < -0.4 is 5.43 Å². The zero-order valence-electron chi connectivity index (χ0n) is 8.84. The third-order valence-corrected chi connectivity index (χ3v) is 2.83. The highest BCUT2D eigenvalue weighted by Crippen LogP contribution is 2.13. The molecule has 0 atom stereocenters. The Labute approximate surface area is 99.7 Å². The number of aromatic amines is 1. The highest BCUT2D eigenvalue weighted by Gasteiger charge is 2.11. The first-order chi connectivity index (χ1) is 8.25. The molecule has 0 aromatic carbocycles. The van der Waals surface area contributed by atoms with Gasteiger partial charge < -0.3 is 4.98 Å². The van der Waals surface area contributed by atoms with Crippen molar-refractivity contribution in [1.82, 2.24) is 23.9 Å². The van der Waals surface area contributed by atoms with Gasteiger partial charge in [0.1, 0.15) is 5.65 Å². The van der Waals surface area contributed by atoms with E-state index >= 15 is 0 Å². The van der Waals surface area contributed by atoms with Crippen LogP contribution in [0.15, 0.2) is 23.1 Å². The molecule has 0 aliphatic heterocycles. The van der Waals surface area contributed by atoms with Crippen molar-refractivity contribution in [2.24, 2.45) is 0 Å². The first kappa shape index (κ1) is 10.0. The number of hydrogen-bond acceptors (Lipinski definition) is 6. The minimum atomic E-state index is -0.133. The highest BCUT2D eigenvalue weighted by molar-refractivity contribution is 6.99. The van der Waals surface area contributed by atoms with Crippen LogP contribution in [0.5, 0.6) is 0 Å². The normalized spacial score (nSPS) is 10.9. The van der Waals surface area contributed by atoms with Crippen LogP contribution in [0.25, 0.3) is 22.4 Å². The van der Waals surface area contributed by atoms with Gasteiger partial charge in [-0.05, 0) is 19.1 Å². The molecular weight excluding hydrogens is 238 g/mol. The number of fused-ring (bicyclic) bond motifs is 1. The number of pyridine rings is 2. The van der Waals surface area contributed by atoms with Crippen LogP contribution in [-0.4, -0.2) is 23.9 Å². The lowest BCUT2D eigenvalue weighted by molar-refractivity contribution is 1.13. The van der Waals surface area contributed by atoms with Crippen molar-refractivity contribution < 1.29 is 0 Å². The third-order valence-electron chi connectivity index (χ3n) is 2.42. The van der Waals surface area contributed by atoms with E-state index in [4.69, 9.17) is 0 Å². The molecule has 3 rings (SSSR count). The van der Waals surface area contributed by atoms with Gasteiger partial charge in [-0.25, -0.2) is 4.98 Å². The number of nitrogens with zero attached hydrogens (tertiary/aromatic N) is 4. The number of H-pyrrole nitrogens is 1. The first-order valence-corrected chi connectivity index (χ1v) is 5.63. The van der Waals surface area contributed by atoms with Gasteiger partial charge in [-0.1, -0.05) is 4.49 Å². The summed E-state index contributed by atoms with van der Waals surface area (Å²) in [5.74, 6) is 0.346. The molecule has 0 radical (unpaired) electrons. The van der Waals surface area contributed by atoms with Crippen LogP contribution in [0, 0.1) is 6.92 Å². The largest absolute Gasteiger partial charge is 0.345 e. The summed E-state index contributed by atoms with van der Waals surface area (Å²) in [6.07, 6.45) is 1.57. The summed E-state index contributed by atoms with van der Waals surface area (Å²) in [7, 11) is 0. The average Bonchev–Trinajstić information content (AvgIpc) is 2.82. The van der Waals surface area contributed by atoms with E-state index in [9.17, 15) is 4.79 Å². The Bertz CT molecular complexity index is 734. The predicted molar refractivity (Wildman–Crippen MR) is 63.8 cm³/mol. The van der Waals surface area contributed by atoms with E-state index in [1.807, 2.05) is 6.92 Å². The fraction of sp³-hybridized carbons (Fsp3) is 0.100. The Hall–Kier alpha value is -2.15. The molecule has 3 heterocycles. The molecule has 7 heteroatoms. The monoisotopic (exact) mass is 245 g/mol. The van der Waals surface area contributed by atoms with E-state index in [0.29, 0.717) is 22.4 Å². The molecule has 0 saturated heterocycles. The molecule has 0 amide bonds. The van der Waals surface area contributed by atoms with E-state index < -0.39 is 0 Å². The molecule has 1 N–H and O–H groups in total. The van der Waals surface area contributed by atoms with Crippen molar-refractivity contribution in [3.8, 4) is 11.4 Å². The second-order valence-electron chi connectivity index (χ2n) is 3.56. The topological polar surface area (TPSA) is 84.4 Å². The molecule has 84 valence electrons. The van der Waals surface area contributed by atoms with Gasteiger partial charge in [0.05, 0.1) is 22.7 Å². The minimum Gasteiger partial charge on any atom is -0.345 e. The SMILES string of the molecule is Cc1ccc2c(=O)c(-c3nnsn3)c[nH]c2n1. The smallest absolute Gasteiger partial charge is 0.202 e. The van der Waals surface area contributed by atoms with E-state index in [2.05, 4.69) is 23.9 Å². The Balaban J connectivity index is 2.34. The lowest BCUT2D eigenvalue weighted by Gasteiger charge is -2.00. The van der Waals surface area contributed by atoms with Crippen LogP contribution in [-0.2, 0) is 0 Å². The Morgan fingerprint density at radius 2 is 2.24 bits per heavy atom. The van der Waals surface area contributed by atoms with E-state index in [-0.39, 0.29) is 5.43 Å². The van der Waals surface area contributed by atoms with Gasteiger partial charge in [0.25, 0.3) is 0 Å². The minimum absolute atomic E-state index is 0.133. The molecule has 0 spiro atoms. The van der Waals surface area contributed by atoms with Gasteiger partial charge in [-0.15, -0.1) is 5.10 Å². The summed E-state index contributed by atoms with van der Waals surface area (Å²) in [5.41, 5.74) is 1.71. The average molecular weight is 245 g/mol. The zero-order chi connectivity index (χ0) is 11.8. The highest BCUT2D eigenvalue weighted by atomic mass is 32.1. The first-order valence-electron chi connectivity index (χ1n) is 4.90. The van der Waals surface area contributed by atoms with Crippen molar-refractivity contribution in [2.75, 3.05) is 0 Å². The van der Waals surface area contributed by atoms with Crippen molar-refractivity contribution >= 4 is 22.8 Å². The number of hydrogen-bond donors (Lipinski definition) is 1. The lowest BCUT2D eigenvalue weighted by atomic mass is 10.2. The maximum atomic E-state index is 12.2. The van der Waals surface area contributed by atoms with Crippen molar-refractivity contribution in [3.05, 3.63) is 34.2 Å². The standard InChI is InChI=1S/C10H7N5OS/c1-5-2-3-6-8(16)7(4-11-9(6)12-5)10-13-15-17-14-10/h2-4H,1H3,(H,11,12,16). The summed E-state index contributed by atoms with van der Waals surface area (Å²) < 4.78 is 7.60. The molecule has 0 fully saturated rings. The molecular formula is C10H7N5OS. The van der Waals surface area contributed by atoms with Gasteiger partial charge in [-0.3, -0.25) is 4.79 Å². The number of nitrogens with one attached hydrogen (secondary N) is 1. The van der Waals surface area contributed by atoms with Crippen LogP contribution in [0.2, 0.25) is 0 Å². The number of rotatable bonds is 1. The molecule has 17 heavy (non-hydrogen) atoms. The third kappa shape index (κ3) is 1.60. The lowest BCUT2D eigenvalue weighted by Crippen LogP contribution is -2.08. The summed E-state index contributed by atoms with van der Waals surface area (Å²) in [6, 6.07) is 3.55. The molecule has 6 nitrogen and oxygen atoms in total. The van der Waals surface area contributed by atoms with Crippen molar-refractivity contribution in [2.45, 2.75) is 6.92 Å². The molecule has 3 aromatic heterocycles. The Morgan fingerprint density at radius 3 is 3.00 bits per heavy atom.